The Morgan fingerprint density at radius 3 is 2.79 bits per heavy atom. The van der Waals surface area contributed by atoms with Gasteiger partial charge in [-0.1, -0.05) is 6.92 Å². The van der Waals surface area contributed by atoms with Crippen LogP contribution >= 0.6 is 0 Å². The first-order chi connectivity index (χ1) is 6.67. The van der Waals surface area contributed by atoms with Crippen LogP contribution in [0.3, 0.4) is 0 Å². The third-order valence-corrected chi connectivity index (χ3v) is 2.94. The SMILES string of the molecule is CCC1(Nc2nccc(N)c2N)CC1. The van der Waals surface area contributed by atoms with E-state index in [1.807, 2.05) is 0 Å². The summed E-state index contributed by atoms with van der Waals surface area (Å²) in [6, 6.07) is 1.71. The second-order valence-electron chi connectivity index (χ2n) is 3.92. The van der Waals surface area contributed by atoms with E-state index in [2.05, 4.69) is 17.2 Å². The van der Waals surface area contributed by atoms with Gasteiger partial charge in [-0.2, -0.15) is 0 Å². The molecule has 5 N–H and O–H groups in total. The fraction of sp³-hybridized carbons (Fsp3) is 0.500. The van der Waals surface area contributed by atoms with Gasteiger partial charge in [0.15, 0.2) is 5.82 Å². The maximum absolute atomic E-state index is 5.82. The molecule has 1 saturated carbocycles. The summed E-state index contributed by atoms with van der Waals surface area (Å²) in [6.07, 6.45) is 5.17. The topological polar surface area (TPSA) is 77.0 Å². The number of nitrogen functional groups attached to an aromatic ring is 2. The summed E-state index contributed by atoms with van der Waals surface area (Å²) in [6.45, 7) is 2.17. The van der Waals surface area contributed by atoms with Crippen molar-refractivity contribution in [3.8, 4) is 0 Å². The first-order valence-corrected chi connectivity index (χ1v) is 4.95. The van der Waals surface area contributed by atoms with E-state index in [1.165, 1.54) is 12.8 Å². The number of nitrogens with one attached hydrogen (secondary N) is 1. The molecule has 0 bridgehead atoms. The monoisotopic (exact) mass is 192 g/mol. The molecule has 2 rings (SSSR count). The first kappa shape index (κ1) is 9.12. The van der Waals surface area contributed by atoms with Gasteiger partial charge >= 0.3 is 0 Å². The Bertz CT molecular complexity index is 344. The smallest absolute Gasteiger partial charge is 0.151 e. The average molecular weight is 192 g/mol. The molecule has 1 aromatic heterocycles. The summed E-state index contributed by atoms with van der Waals surface area (Å²) in [7, 11) is 0. The predicted molar refractivity (Wildman–Crippen MR) is 58.9 cm³/mol. The van der Waals surface area contributed by atoms with Crippen LogP contribution in [0.15, 0.2) is 12.3 Å². The number of anilines is 3. The fourth-order valence-electron chi connectivity index (χ4n) is 1.56. The van der Waals surface area contributed by atoms with Crippen LogP contribution in [-0.2, 0) is 0 Å². The third kappa shape index (κ3) is 1.47. The average Bonchev–Trinajstić information content (AvgIpc) is 2.94. The number of hydrogen-bond donors (Lipinski definition) is 3. The van der Waals surface area contributed by atoms with E-state index in [4.69, 9.17) is 11.5 Å². The number of nitrogens with two attached hydrogens (primary N) is 2. The normalized spacial score (nSPS) is 17.8. The van der Waals surface area contributed by atoms with E-state index in [0.29, 0.717) is 11.4 Å². The summed E-state index contributed by atoms with van der Waals surface area (Å²) in [5.74, 6) is 0.726. The Balaban J connectivity index is 2.21. The Kier molecular flexibility index (Phi) is 1.98. The van der Waals surface area contributed by atoms with Crippen LogP contribution < -0.4 is 16.8 Å². The van der Waals surface area contributed by atoms with Crippen molar-refractivity contribution in [2.45, 2.75) is 31.7 Å². The van der Waals surface area contributed by atoms with Crippen molar-refractivity contribution in [2.75, 3.05) is 16.8 Å². The molecule has 4 nitrogen and oxygen atoms in total. The van der Waals surface area contributed by atoms with Crippen molar-refractivity contribution in [1.29, 1.82) is 0 Å². The highest BCUT2D eigenvalue weighted by Gasteiger charge is 2.41. The summed E-state index contributed by atoms with van der Waals surface area (Å²) in [4.78, 5) is 4.20. The summed E-state index contributed by atoms with van der Waals surface area (Å²) < 4.78 is 0. The van der Waals surface area contributed by atoms with Gasteiger partial charge in [0.2, 0.25) is 0 Å². The summed E-state index contributed by atoms with van der Waals surface area (Å²) in [5, 5.41) is 3.37. The van der Waals surface area contributed by atoms with Crippen molar-refractivity contribution < 1.29 is 0 Å². The van der Waals surface area contributed by atoms with Gasteiger partial charge in [-0.3, -0.25) is 0 Å². The van der Waals surface area contributed by atoms with Crippen molar-refractivity contribution in [3.05, 3.63) is 12.3 Å². The van der Waals surface area contributed by atoms with Gasteiger partial charge in [0.1, 0.15) is 0 Å². The summed E-state index contributed by atoms with van der Waals surface area (Å²) >= 11 is 0. The summed E-state index contributed by atoms with van der Waals surface area (Å²) in [5.41, 5.74) is 12.9. The zero-order valence-corrected chi connectivity index (χ0v) is 8.38. The fourth-order valence-corrected chi connectivity index (χ4v) is 1.56. The third-order valence-electron chi connectivity index (χ3n) is 2.94. The maximum Gasteiger partial charge on any atom is 0.151 e. The molecule has 4 heteroatoms. The van der Waals surface area contributed by atoms with E-state index in [1.54, 1.807) is 12.3 Å². The van der Waals surface area contributed by atoms with Crippen LogP contribution in [0.4, 0.5) is 17.2 Å². The lowest BCUT2D eigenvalue weighted by Gasteiger charge is -2.17. The van der Waals surface area contributed by atoms with E-state index in [0.717, 1.165) is 12.2 Å². The molecule has 1 aromatic rings. The number of nitrogens with zero attached hydrogens (tertiary/aromatic N) is 1. The van der Waals surface area contributed by atoms with E-state index in [9.17, 15) is 0 Å². The van der Waals surface area contributed by atoms with Crippen molar-refractivity contribution >= 4 is 17.2 Å². The second kappa shape index (κ2) is 3.04. The highest BCUT2D eigenvalue weighted by Crippen LogP contribution is 2.42. The van der Waals surface area contributed by atoms with Gasteiger partial charge in [0.25, 0.3) is 0 Å². The van der Waals surface area contributed by atoms with Crippen molar-refractivity contribution in [1.82, 2.24) is 4.98 Å². The zero-order valence-electron chi connectivity index (χ0n) is 8.38. The number of aromatic nitrogens is 1. The molecule has 0 aromatic carbocycles. The van der Waals surface area contributed by atoms with E-state index >= 15 is 0 Å². The lowest BCUT2D eigenvalue weighted by atomic mass is 10.2. The second-order valence-corrected chi connectivity index (χ2v) is 3.92. The molecule has 1 aliphatic carbocycles. The predicted octanol–water partition coefficient (Wildman–Crippen LogP) is 1.60. The molecule has 76 valence electrons. The van der Waals surface area contributed by atoms with Crippen LogP contribution in [0.2, 0.25) is 0 Å². The molecule has 1 fully saturated rings. The van der Waals surface area contributed by atoms with Gasteiger partial charge in [-0.25, -0.2) is 4.98 Å². The molecule has 0 aliphatic heterocycles. The van der Waals surface area contributed by atoms with E-state index in [-0.39, 0.29) is 5.54 Å². The molecule has 0 amide bonds. The lowest BCUT2D eigenvalue weighted by Crippen LogP contribution is -2.21. The molecular weight excluding hydrogens is 176 g/mol. The molecule has 0 saturated heterocycles. The molecule has 1 aliphatic rings. The number of hydrogen-bond acceptors (Lipinski definition) is 4. The molecule has 1 heterocycles. The standard InChI is InChI=1S/C10H16N4/c1-2-10(4-5-10)14-9-8(12)7(11)3-6-13-9/h3,6H,2,4-5,12H2,1H3,(H3,11,13,14). The minimum atomic E-state index is 0.231. The zero-order chi connectivity index (χ0) is 10.2. The molecular formula is C10H16N4. The Hall–Kier alpha value is -1.45. The minimum absolute atomic E-state index is 0.231. The Morgan fingerprint density at radius 1 is 1.50 bits per heavy atom. The first-order valence-electron chi connectivity index (χ1n) is 4.95. The van der Waals surface area contributed by atoms with Crippen LogP contribution in [0.25, 0.3) is 0 Å². The quantitative estimate of drug-likeness (QED) is 0.679. The van der Waals surface area contributed by atoms with Crippen molar-refractivity contribution in [3.63, 3.8) is 0 Å². The van der Waals surface area contributed by atoms with Gasteiger partial charge in [0.05, 0.1) is 11.4 Å². The molecule has 0 spiro atoms. The van der Waals surface area contributed by atoms with Crippen LogP contribution in [0.5, 0.6) is 0 Å². The minimum Gasteiger partial charge on any atom is -0.397 e. The highest BCUT2D eigenvalue weighted by atomic mass is 15.1. The van der Waals surface area contributed by atoms with Gasteiger partial charge in [-0.05, 0) is 25.3 Å². The molecule has 14 heavy (non-hydrogen) atoms. The van der Waals surface area contributed by atoms with Crippen molar-refractivity contribution in [2.24, 2.45) is 0 Å². The number of pyridine rings is 1. The molecule has 0 unspecified atom stereocenters. The lowest BCUT2D eigenvalue weighted by molar-refractivity contribution is 0.698. The maximum atomic E-state index is 5.82. The molecule has 0 radical (unpaired) electrons. The van der Waals surface area contributed by atoms with Crippen LogP contribution in [-0.4, -0.2) is 10.5 Å². The largest absolute Gasteiger partial charge is 0.397 e. The Labute approximate surface area is 83.7 Å². The van der Waals surface area contributed by atoms with Gasteiger partial charge < -0.3 is 16.8 Å². The van der Waals surface area contributed by atoms with Crippen LogP contribution in [0, 0.1) is 0 Å². The van der Waals surface area contributed by atoms with Crippen LogP contribution in [0.1, 0.15) is 26.2 Å². The number of rotatable bonds is 3. The van der Waals surface area contributed by atoms with E-state index < -0.39 is 0 Å². The van der Waals surface area contributed by atoms with Gasteiger partial charge in [-0.15, -0.1) is 0 Å². The highest BCUT2D eigenvalue weighted by molar-refractivity contribution is 5.75. The Morgan fingerprint density at radius 2 is 2.21 bits per heavy atom. The molecule has 0 atom stereocenters. The van der Waals surface area contributed by atoms with Gasteiger partial charge in [0, 0.05) is 11.7 Å².